The van der Waals surface area contributed by atoms with Gasteiger partial charge in [-0.15, -0.1) is 11.6 Å². The van der Waals surface area contributed by atoms with Crippen LogP contribution < -0.4 is 0 Å². The predicted octanol–water partition coefficient (Wildman–Crippen LogP) is 4.06. The zero-order chi connectivity index (χ0) is 12.5. The number of alkyl halides is 1. The normalized spacial score (nSPS) is 28.6. The van der Waals surface area contributed by atoms with Crippen molar-refractivity contribution in [1.29, 1.82) is 0 Å². The minimum atomic E-state index is -0.335. The summed E-state index contributed by atoms with van der Waals surface area (Å²) in [5, 5.41) is 0.166. The second-order valence-corrected chi connectivity index (χ2v) is 5.32. The maximum absolute atomic E-state index is 13.9. The van der Waals surface area contributed by atoms with Crippen molar-refractivity contribution < 1.29 is 9.13 Å². The fourth-order valence-corrected chi connectivity index (χ4v) is 2.98. The molecule has 1 fully saturated rings. The van der Waals surface area contributed by atoms with E-state index in [4.69, 9.17) is 27.9 Å². The third-order valence-corrected chi connectivity index (χ3v) is 4.49. The van der Waals surface area contributed by atoms with Crippen molar-refractivity contribution in [1.82, 2.24) is 0 Å². The fourth-order valence-electron chi connectivity index (χ4n) is 2.34. The highest BCUT2D eigenvalue weighted by atomic mass is 35.5. The topological polar surface area (TPSA) is 9.23 Å². The largest absolute Gasteiger partial charge is 0.378 e. The van der Waals surface area contributed by atoms with Crippen LogP contribution >= 0.6 is 23.2 Å². The van der Waals surface area contributed by atoms with Gasteiger partial charge in [-0.3, -0.25) is 0 Å². The van der Waals surface area contributed by atoms with E-state index in [9.17, 15) is 4.39 Å². The molecule has 2 atom stereocenters. The standard InChI is InChI=1S/C13H15Cl2FO/c1-9-13(8-14,5-6-17-9)7-10-3-2-4-11(15)12(10)16/h2-4,9H,5-8H2,1H3. The van der Waals surface area contributed by atoms with Crippen molar-refractivity contribution in [2.24, 2.45) is 5.41 Å². The van der Waals surface area contributed by atoms with Crippen LogP contribution in [-0.4, -0.2) is 18.6 Å². The van der Waals surface area contributed by atoms with E-state index in [1.54, 1.807) is 18.2 Å². The molecular weight excluding hydrogens is 262 g/mol. The maximum atomic E-state index is 13.9. The van der Waals surface area contributed by atoms with E-state index in [0.717, 1.165) is 6.42 Å². The van der Waals surface area contributed by atoms with Crippen molar-refractivity contribution in [3.05, 3.63) is 34.6 Å². The molecule has 0 aromatic heterocycles. The Morgan fingerprint density at radius 1 is 1.53 bits per heavy atom. The van der Waals surface area contributed by atoms with Crippen molar-refractivity contribution >= 4 is 23.2 Å². The van der Waals surface area contributed by atoms with Crippen LogP contribution in [0, 0.1) is 11.2 Å². The summed E-state index contributed by atoms with van der Waals surface area (Å²) in [7, 11) is 0. The first-order valence-corrected chi connectivity index (χ1v) is 6.61. The third-order valence-electron chi connectivity index (χ3n) is 3.67. The lowest BCUT2D eigenvalue weighted by Gasteiger charge is -2.30. The lowest BCUT2D eigenvalue weighted by molar-refractivity contribution is 0.0732. The number of ether oxygens (including phenoxy) is 1. The Balaban J connectivity index is 2.27. The molecule has 0 amide bonds. The Labute approximate surface area is 111 Å². The highest BCUT2D eigenvalue weighted by molar-refractivity contribution is 6.30. The van der Waals surface area contributed by atoms with Gasteiger partial charge in [0.1, 0.15) is 5.82 Å². The lowest BCUT2D eigenvalue weighted by atomic mass is 9.78. The van der Waals surface area contributed by atoms with Gasteiger partial charge in [0.25, 0.3) is 0 Å². The average Bonchev–Trinajstić information content (AvgIpc) is 2.67. The van der Waals surface area contributed by atoms with Gasteiger partial charge in [0.05, 0.1) is 11.1 Å². The average molecular weight is 277 g/mol. The van der Waals surface area contributed by atoms with E-state index in [2.05, 4.69) is 0 Å². The van der Waals surface area contributed by atoms with Gasteiger partial charge in [-0.25, -0.2) is 4.39 Å². The second kappa shape index (κ2) is 5.13. The minimum absolute atomic E-state index is 0.0541. The summed E-state index contributed by atoms with van der Waals surface area (Å²) in [6, 6.07) is 5.09. The molecule has 1 aromatic carbocycles. The Kier molecular flexibility index (Phi) is 3.96. The fraction of sp³-hybridized carbons (Fsp3) is 0.538. The number of benzene rings is 1. The van der Waals surface area contributed by atoms with E-state index < -0.39 is 0 Å². The third kappa shape index (κ3) is 2.44. The van der Waals surface area contributed by atoms with E-state index >= 15 is 0 Å². The summed E-state index contributed by atoms with van der Waals surface area (Å²) in [5.41, 5.74) is 0.447. The van der Waals surface area contributed by atoms with E-state index in [1.165, 1.54) is 0 Å². The molecule has 0 N–H and O–H groups in total. The SMILES string of the molecule is CC1OCCC1(CCl)Cc1cccc(Cl)c1F. The number of hydrogen-bond acceptors (Lipinski definition) is 1. The van der Waals surface area contributed by atoms with E-state index in [0.29, 0.717) is 24.5 Å². The van der Waals surface area contributed by atoms with Gasteiger partial charge in [-0.05, 0) is 31.4 Å². The first-order chi connectivity index (χ1) is 8.09. The van der Waals surface area contributed by atoms with Gasteiger partial charge in [0.2, 0.25) is 0 Å². The Hall–Kier alpha value is -0.310. The summed E-state index contributed by atoms with van der Waals surface area (Å²) >= 11 is 11.9. The van der Waals surface area contributed by atoms with Gasteiger partial charge in [-0.1, -0.05) is 23.7 Å². The second-order valence-electron chi connectivity index (χ2n) is 4.65. The molecule has 0 aliphatic carbocycles. The molecule has 1 aliphatic heterocycles. The molecule has 0 spiro atoms. The molecule has 17 heavy (non-hydrogen) atoms. The Bertz CT molecular complexity index is 410. The quantitative estimate of drug-likeness (QED) is 0.757. The van der Waals surface area contributed by atoms with Crippen LogP contribution in [-0.2, 0) is 11.2 Å². The molecule has 2 rings (SSSR count). The summed E-state index contributed by atoms with van der Waals surface area (Å²) in [6.07, 6.45) is 1.49. The van der Waals surface area contributed by atoms with E-state index in [1.807, 2.05) is 6.92 Å². The molecular formula is C13H15Cl2FO. The molecule has 1 nitrogen and oxygen atoms in total. The van der Waals surface area contributed by atoms with Crippen LogP contribution in [0.3, 0.4) is 0 Å². The minimum Gasteiger partial charge on any atom is -0.378 e. The molecule has 2 unspecified atom stereocenters. The predicted molar refractivity (Wildman–Crippen MR) is 68.3 cm³/mol. The van der Waals surface area contributed by atoms with Crippen LogP contribution in [0.15, 0.2) is 18.2 Å². The highest BCUT2D eigenvalue weighted by Crippen LogP contribution is 2.40. The molecule has 4 heteroatoms. The van der Waals surface area contributed by atoms with Crippen molar-refractivity contribution in [3.8, 4) is 0 Å². The molecule has 1 saturated heterocycles. The van der Waals surface area contributed by atoms with Crippen molar-refractivity contribution in [2.75, 3.05) is 12.5 Å². The van der Waals surface area contributed by atoms with Crippen LogP contribution in [0.2, 0.25) is 5.02 Å². The summed E-state index contributed by atoms with van der Waals surface area (Å²) in [4.78, 5) is 0. The number of halogens is 3. The van der Waals surface area contributed by atoms with Crippen molar-refractivity contribution in [2.45, 2.75) is 25.9 Å². The maximum Gasteiger partial charge on any atom is 0.144 e. The molecule has 0 saturated carbocycles. The lowest BCUT2D eigenvalue weighted by Crippen LogP contribution is -2.33. The Morgan fingerprint density at radius 3 is 2.88 bits per heavy atom. The summed E-state index contributed by atoms with van der Waals surface area (Å²) in [6.45, 7) is 2.69. The van der Waals surface area contributed by atoms with Gasteiger partial charge in [0.15, 0.2) is 0 Å². The summed E-state index contributed by atoms with van der Waals surface area (Å²) < 4.78 is 19.4. The summed E-state index contributed by atoms with van der Waals surface area (Å²) in [5.74, 6) is 0.137. The molecule has 0 bridgehead atoms. The molecule has 94 valence electrons. The number of rotatable bonds is 3. The van der Waals surface area contributed by atoms with Crippen LogP contribution in [0.4, 0.5) is 4.39 Å². The molecule has 1 aromatic rings. The smallest absolute Gasteiger partial charge is 0.144 e. The van der Waals surface area contributed by atoms with Crippen LogP contribution in [0.1, 0.15) is 18.9 Å². The molecule has 0 radical (unpaired) electrons. The first-order valence-electron chi connectivity index (χ1n) is 5.69. The first kappa shape index (κ1) is 13.1. The van der Waals surface area contributed by atoms with Gasteiger partial charge in [0, 0.05) is 17.9 Å². The van der Waals surface area contributed by atoms with Crippen molar-refractivity contribution in [3.63, 3.8) is 0 Å². The van der Waals surface area contributed by atoms with Gasteiger partial charge < -0.3 is 4.74 Å². The zero-order valence-electron chi connectivity index (χ0n) is 9.68. The highest BCUT2D eigenvalue weighted by Gasteiger charge is 2.41. The molecule has 1 heterocycles. The van der Waals surface area contributed by atoms with E-state index in [-0.39, 0.29) is 22.4 Å². The van der Waals surface area contributed by atoms with Gasteiger partial charge >= 0.3 is 0 Å². The van der Waals surface area contributed by atoms with Gasteiger partial charge in [-0.2, -0.15) is 0 Å². The zero-order valence-corrected chi connectivity index (χ0v) is 11.2. The molecule has 1 aliphatic rings. The monoisotopic (exact) mass is 276 g/mol. The van der Waals surface area contributed by atoms with Crippen LogP contribution in [0.25, 0.3) is 0 Å². The number of hydrogen-bond donors (Lipinski definition) is 0. The van der Waals surface area contributed by atoms with Crippen LogP contribution in [0.5, 0.6) is 0 Å². The Morgan fingerprint density at radius 2 is 2.29 bits per heavy atom.